The van der Waals surface area contributed by atoms with Crippen molar-refractivity contribution in [3.05, 3.63) is 45.3 Å². The van der Waals surface area contributed by atoms with Gasteiger partial charge in [-0.1, -0.05) is 13.0 Å². The molecule has 0 radical (unpaired) electrons. The van der Waals surface area contributed by atoms with Crippen LogP contribution in [0.1, 0.15) is 45.3 Å². The quantitative estimate of drug-likeness (QED) is 0.600. The number of thiocarbonyl (C=S) groups is 1. The minimum Gasteiger partial charge on any atom is -0.465 e. The number of esters is 1. The van der Waals surface area contributed by atoms with Gasteiger partial charge in [-0.05, 0) is 73.6 Å². The van der Waals surface area contributed by atoms with Crippen LogP contribution in [0.4, 0.5) is 10.7 Å². The van der Waals surface area contributed by atoms with Gasteiger partial charge in [0.25, 0.3) is 0 Å². The molecule has 132 valence electrons. The molecule has 2 N–H and O–H groups in total. The molecule has 0 bridgehead atoms. The van der Waals surface area contributed by atoms with Crippen LogP contribution < -0.4 is 10.6 Å². The van der Waals surface area contributed by atoms with Gasteiger partial charge in [-0.3, -0.25) is 0 Å². The lowest BCUT2D eigenvalue weighted by atomic mass is 10.1. The number of ether oxygens (including phenoxy) is 1. The molecule has 1 aromatic carbocycles. The number of thiophene rings is 1. The number of hydrogen-bond acceptors (Lipinski definition) is 4. The van der Waals surface area contributed by atoms with Gasteiger partial charge in [0, 0.05) is 10.6 Å². The number of methoxy groups -OCH3 is 1. The number of aryl methyl sites for hydroxylation is 3. The second-order valence-corrected chi connectivity index (χ2v) is 7.74. The molecule has 0 saturated carbocycles. The summed E-state index contributed by atoms with van der Waals surface area (Å²) in [4.78, 5) is 13.3. The fraction of sp³-hybridized carbons (Fsp3) is 0.368. The number of carbonyl (C=O) groups is 1. The normalized spacial score (nSPS) is 12.6. The highest BCUT2D eigenvalue weighted by molar-refractivity contribution is 7.80. The van der Waals surface area contributed by atoms with Crippen molar-refractivity contribution in [2.24, 2.45) is 0 Å². The zero-order valence-corrected chi connectivity index (χ0v) is 16.3. The van der Waals surface area contributed by atoms with Crippen molar-refractivity contribution in [1.82, 2.24) is 0 Å². The fourth-order valence-corrected chi connectivity index (χ4v) is 4.75. The van der Waals surface area contributed by atoms with E-state index >= 15 is 0 Å². The van der Waals surface area contributed by atoms with Crippen molar-refractivity contribution in [3.63, 3.8) is 0 Å². The molecular formula is C19H22N2O2S2. The molecule has 0 unspecified atom stereocenters. The Hall–Kier alpha value is -1.92. The minimum absolute atomic E-state index is 0.330. The number of anilines is 2. The number of nitrogens with one attached hydrogen (secondary N) is 2. The predicted molar refractivity (Wildman–Crippen MR) is 108 cm³/mol. The molecule has 0 spiro atoms. The molecule has 2 aromatic rings. The van der Waals surface area contributed by atoms with Crippen LogP contribution in [0.15, 0.2) is 18.2 Å². The van der Waals surface area contributed by atoms with Crippen molar-refractivity contribution in [2.75, 3.05) is 17.7 Å². The van der Waals surface area contributed by atoms with E-state index in [-0.39, 0.29) is 5.97 Å². The summed E-state index contributed by atoms with van der Waals surface area (Å²) < 4.78 is 4.95. The Morgan fingerprint density at radius 2 is 2.04 bits per heavy atom. The monoisotopic (exact) mass is 374 g/mol. The van der Waals surface area contributed by atoms with Crippen LogP contribution in [0.5, 0.6) is 0 Å². The van der Waals surface area contributed by atoms with Crippen LogP contribution in [0.25, 0.3) is 0 Å². The average molecular weight is 375 g/mol. The number of hydrogen-bond donors (Lipinski definition) is 2. The zero-order valence-electron chi connectivity index (χ0n) is 14.7. The Kier molecular flexibility index (Phi) is 5.39. The van der Waals surface area contributed by atoms with Gasteiger partial charge in [0.15, 0.2) is 5.11 Å². The SMILES string of the molecule is CCc1c(C)sc(NC(=S)Nc2ccc3c(c2)CCC3)c1C(=O)OC. The molecule has 1 aliphatic carbocycles. The molecule has 1 heterocycles. The topological polar surface area (TPSA) is 50.4 Å². The summed E-state index contributed by atoms with van der Waals surface area (Å²) in [5, 5.41) is 7.62. The smallest absolute Gasteiger partial charge is 0.341 e. The van der Waals surface area contributed by atoms with E-state index in [1.165, 1.54) is 36.0 Å². The zero-order chi connectivity index (χ0) is 18.0. The van der Waals surface area contributed by atoms with Crippen molar-refractivity contribution in [3.8, 4) is 0 Å². The third-order valence-electron chi connectivity index (χ3n) is 4.54. The van der Waals surface area contributed by atoms with Gasteiger partial charge in [0.1, 0.15) is 5.00 Å². The Bertz CT molecular complexity index is 827. The van der Waals surface area contributed by atoms with Crippen molar-refractivity contribution < 1.29 is 9.53 Å². The molecule has 6 heteroatoms. The molecule has 25 heavy (non-hydrogen) atoms. The van der Waals surface area contributed by atoms with Gasteiger partial charge in [0.2, 0.25) is 0 Å². The number of fused-ring (bicyclic) bond motifs is 1. The van der Waals surface area contributed by atoms with Crippen molar-refractivity contribution >= 4 is 45.3 Å². The maximum atomic E-state index is 12.2. The lowest BCUT2D eigenvalue weighted by Crippen LogP contribution is -2.20. The van der Waals surface area contributed by atoms with E-state index in [0.717, 1.165) is 40.4 Å². The highest BCUT2D eigenvalue weighted by Gasteiger charge is 2.22. The predicted octanol–water partition coefficient (Wildman–Crippen LogP) is 4.70. The van der Waals surface area contributed by atoms with Crippen molar-refractivity contribution in [1.29, 1.82) is 0 Å². The molecular weight excluding hydrogens is 352 g/mol. The van der Waals surface area contributed by atoms with Crippen LogP contribution in [-0.2, 0) is 24.0 Å². The summed E-state index contributed by atoms with van der Waals surface area (Å²) in [6.45, 7) is 4.05. The molecule has 0 saturated heterocycles. The highest BCUT2D eigenvalue weighted by Crippen LogP contribution is 2.34. The van der Waals surface area contributed by atoms with Crippen LogP contribution in [-0.4, -0.2) is 18.2 Å². The van der Waals surface area contributed by atoms with Gasteiger partial charge in [0.05, 0.1) is 12.7 Å². The van der Waals surface area contributed by atoms with Crippen molar-refractivity contribution in [2.45, 2.75) is 39.5 Å². The molecule has 0 aliphatic heterocycles. The first-order valence-corrected chi connectivity index (χ1v) is 9.66. The first-order chi connectivity index (χ1) is 12.0. The van der Waals surface area contributed by atoms with Crippen LogP contribution >= 0.6 is 23.6 Å². The molecule has 1 aliphatic rings. The van der Waals surface area contributed by atoms with E-state index in [0.29, 0.717) is 10.7 Å². The average Bonchev–Trinajstić information content (AvgIpc) is 3.17. The lowest BCUT2D eigenvalue weighted by molar-refractivity contribution is 0.0601. The Morgan fingerprint density at radius 1 is 1.28 bits per heavy atom. The summed E-state index contributed by atoms with van der Waals surface area (Å²) in [5.74, 6) is -0.330. The first kappa shape index (κ1) is 17.9. The summed E-state index contributed by atoms with van der Waals surface area (Å²) >= 11 is 6.98. The van der Waals surface area contributed by atoms with E-state index < -0.39 is 0 Å². The van der Waals surface area contributed by atoms with E-state index in [1.54, 1.807) is 0 Å². The van der Waals surface area contributed by atoms with Gasteiger partial charge in [-0.2, -0.15) is 0 Å². The summed E-state index contributed by atoms with van der Waals surface area (Å²) in [5.41, 5.74) is 5.40. The Morgan fingerprint density at radius 3 is 2.76 bits per heavy atom. The van der Waals surface area contributed by atoms with E-state index in [2.05, 4.69) is 28.8 Å². The molecule has 4 nitrogen and oxygen atoms in total. The highest BCUT2D eigenvalue weighted by atomic mass is 32.1. The molecule has 3 rings (SSSR count). The van der Waals surface area contributed by atoms with Gasteiger partial charge < -0.3 is 15.4 Å². The molecule has 1 aromatic heterocycles. The second-order valence-electron chi connectivity index (χ2n) is 6.10. The lowest BCUT2D eigenvalue weighted by Gasteiger charge is -2.12. The molecule has 0 fully saturated rings. The summed E-state index contributed by atoms with van der Waals surface area (Å²) in [7, 11) is 1.40. The first-order valence-electron chi connectivity index (χ1n) is 8.43. The van der Waals surface area contributed by atoms with Gasteiger partial charge in [-0.25, -0.2) is 4.79 Å². The van der Waals surface area contributed by atoms with Gasteiger partial charge >= 0.3 is 5.97 Å². The largest absolute Gasteiger partial charge is 0.465 e. The number of rotatable bonds is 4. The van der Waals surface area contributed by atoms with E-state index in [1.807, 2.05) is 13.8 Å². The van der Waals surface area contributed by atoms with Crippen LogP contribution in [0.3, 0.4) is 0 Å². The summed E-state index contributed by atoms with van der Waals surface area (Å²) in [6.07, 6.45) is 4.29. The van der Waals surface area contributed by atoms with Crippen LogP contribution in [0, 0.1) is 6.92 Å². The fourth-order valence-electron chi connectivity index (χ4n) is 3.33. The van der Waals surface area contributed by atoms with E-state index in [4.69, 9.17) is 17.0 Å². The molecule has 0 amide bonds. The maximum Gasteiger partial charge on any atom is 0.341 e. The third-order valence-corrected chi connectivity index (χ3v) is 5.80. The third kappa shape index (κ3) is 3.70. The van der Waals surface area contributed by atoms with Crippen LogP contribution in [0.2, 0.25) is 0 Å². The Balaban J connectivity index is 1.78. The van der Waals surface area contributed by atoms with Gasteiger partial charge in [-0.15, -0.1) is 11.3 Å². The number of carbonyl (C=O) groups excluding carboxylic acids is 1. The second kappa shape index (κ2) is 7.54. The van der Waals surface area contributed by atoms with E-state index in [9.17, 15) is 4.79 Å². The standard InChI is InChI=1S/C19H22N2O2S2/c1-4-15-11(2)25-17(16(15)18(22)23-3)21-19(24)20-14-9-8-12-6-5-7-13(12)10-14/h8-10H,4-7H2,1-3H3,(H2,20,21,24). The maximum absolute atomic E-state index is 12.2. The summed E-state index contributed by atoms with van der Waals surface area (Å²) in [6, 6.07) is 6.38. The Labute approximate surface area is 157 Å². The minimum atomic E-state index is -0.330. The molecule has 0 atom stereocenters. The number of benzene rings is 1.